The van der Waals surface area contributed by atoms with Gasteiger partial charge in [0, 0.05) is 6.42 Å². The Kier molecular flexibility index (Phi) is 2.34. The van der Waals surface area contributed by atoms with Gasteiger partial charge in [0.15, 0.2) is 5.79 Å². The molecule has 2 atom stereocenters. The van der Waals surface area contributed by atoms with E-state index in [1.807, 2.05) is 0 Å². The van der Waals surface area contributed by atoms with Crippen LogP contribution in [0.15, 0.2) is 30.3 Å². The van der Waals surface area contributed by atoms with E-state index in [9.17, 15) is 0 Å². The van der Waals surface area contributed by atoms with Crippen LogP contribution < -0.4 is 0 Å². The average Bonchev–Trinajstić information content (AvgIpc) is 2.85. The van der Waals surface area contributed by atoms with Gasteiger partial charge < -0.3 is 9.39 Å². The summed E-state index contributed by atoms with van der Waals surface area (Å²) < 4.78 is 11.7. The van der Waals surface area contributed by atoms with Gasteiger partial charge in [-0.15, -0.1) is 0 Å². The van der Waals surface area contributed by atoms with Crippen molar-refractivity contribution in [3.63, 3.8) is 0 Å². The molecule has 0 bridgehead atoms. The number of hydrogen-bond donors (Lipinski definition) is 0. The predicted octanol–water partition coefficient (Wildman–Crippen LogP) is 1.79. The molecule has 3 heteroatoms. The molecule has 2 unspecified atom stereocenters. The van der Waals surface area contributed by atoms with Crippen LogP contribution in [-0.4, -0.2) is 20.4 Å². The van der Waals surface area contributed by atoms with Crippen LogP contribution in [0.2, 0.25) is 0 Å². The Morgan fingerprint density at radius 3 is 2.69 bits per heavy atom. The molecule has 2 nitrogen and oxygen atoms in total. The van der Waals surface area contributed by atoms with Crippen LogP contribution in [0.3, 0.4) is 0 Å². The van der Waals surface area contributed by atoms with E-state index in [1.54, 1.807) is 8.05 Å². The molecule has 2 aliphatic rings. The lowest BCUT2D eigenvalue weighted by atomic mass is 9.74. The highest BCUT2D eigenvalue weighted by atomic mass is 16.7. The van der Waals surface area contributed by atoms with Gasteiger partial charge in [-0.3, -0.25) is 0 Å². The second-order valence-electron chi connectivity index (χ2n) is 4.86. The Hall–Kier alpha value is -0.795. The highest BCUT2D eigenvalue weighted by Gasteiger charge is 2.60. The Labute approximate surface area is 97.4 Å². The summed E-state index contributed by atoms with van der Waals surface area (Å²) in [5, 5.41) is 0. The highest BCUT2D eigenvalue weighted by molar-refractivity contribution is 5.98. The van der Waals surface area contributed by atoms with Gasteiger partial charge in [-0.1, -0.05) is 30.3 Å². The summed E-state index contributed by atoms with van der Waals surface area (Å²) in [6, 6.07) is 10.7. The molecule has 0 spiro atoms. The summed E-state index contributed by atoms with van der Waals surface area (Å²) in [6.45, 7) is 0.822. The zero-order valence-electron chi connectivity index (χ0n) is 9.74. The van der Waals surface area contributed by atoms with Crippen molar-refractivity contribution in [1.82, 2.24) is 0 Å². The minimum Gasteiger partial charge on any atom is -0.418 e. The van der Waals surface area contributed by atoms with E-state index in [1.165, 1.54) is 18.4 Å². The first-order valence-electron chi connectivity index (χ1n) is 6.08. The van der Waals surface area contributed by atoms with Gasteiger partial charge in [-0.2, -0.15) is 0 Å². The van der Waals surface area contributed by atoms with Crippen molar-refractivity contribution >= 4 is 8.05 Å². The molecule has 0 N–H and O–H groups in total. The van der Waals surface area contributed by atoms with Crippen molar-refractivity contribution in [3.05, 3.63) is 35.9 Å². The van der Waals surface area contributed by atoms with E-state index in [0.29, 0.717) is 0 Å². The van der Waals surface area contributed by atoms with Gasteiger partial charge >= 0.3 is 0 Å². The molecule has 0 amide bonds. The van der Waals surface area contributed by atoms with Crippen LogP contribution in [-0.2, 0) is 14.8 Å². The van der Waals surface area contributed by atoms with E-state index >= 15 is 0 Å². The Bertz CT molecular complexity index is 367. The molecular weight excluding hydrogens is 199 g/mol. The van der Waals surface area contributed by atoms with Crippen molar-refractivity contribution in [3.8, 4) is 0 Å². The summed E-state index contributed by atoms with van der Waals surface area (Å²) in [7, 11) is 1.79. The summed E-state index contributed by atoms with van der Waals surface area (Å²) in [6.07, 6.45) is 4.50. The van der Waals surface area contributed by atoms with Gasteiger partial charge in [0.1, 0.15) is 0 Å². The monoisotopic (exact) mass is 216 g/mol. The largest absolute Gasteiger partial charge is 0.418 e. The summed E-state index contributed by atoms with van der Waals surface area (Å²) in [5.41, 5.74) is 1.48. The number of ether oxygens (including phenoxy) is 1. The fraction of sp³-hybridized carbons (Fsp3) is 0.538. The quantitative estimate of drug-likeness (QED) is 0.701. The summed E-state index contributed by atoms with van der Waals surface area (Å²) >= 11 is 0. The number of benzene rings is 1. The molecule has 0 radical (unpaired) electrons. The third-order valence-electron chi connectivity index (χ3n) is 4.36. The van der Waals surface area contributed by atoms with E-state index in [4.69, 9.17) is 9.39 Å². The van der Waals surface area contributed by atoms with Crippen LogP contribution >= 0.6 is 0 Å². The van der Waals surface area contributed by atoms with Crippen LogP contribution in [0.25, 0.3) is 0 Å². The molecule has 1 saturated heterocycles. The molecule has 0 aromatic heterocycles. The third kappa shape index (κ3) is 1.16. The van der Waals surface area contributed by atoms with Crippen molar-refractivity contribution in [2.75, 3.05) is 6.61 Å². The van der Waals surface area contributed by atoms with E-state index in [0.717, 1.165) is 19.4 Å². The van der Waals surface area contributed by atoms with Crippen molar-refractivity contribution in [1.29, 1.82) is 0 Å². The molecule has 1 aromatic carbocycles. The molecular formula is C13H17BO2. The molecule has 1 saturated carbocycles. The molecule has 1 aliphatic heterocycles. The van der Waals surface area contributed by atoms with Crippen LogP contribution in [0.4, 0.5) is 0 Å². The summed E-state index contributed by atoms with van der Waals surface area (Å²) in [5.74, 6) is -0.353. The van der Waals surface area contributed by atoms with Crippen molar-refractivity contribution in [2.45, 2.75) is 36.9 Å². The predicted molar refractivity (Wildman–Crippen MR) is 64.9 cm³/mol. The fourth-order valence-electron chi connectivity index (χ4n) is 3.59. The van der Waals surface area contributed by atoms with Crippen LogP contribution in [0, 0.1) is 0 Å². The van der Waals surface area contributed by atoms with E-state index in [2.05, 4.69) is 30.3 Å². The molecule has 84 valence electrons. The normalized spacial score (nSPS) is 37.5. The molecule has 3 rings (SSSR count). The molecule has 2 fully saturated rings. The molecule has 1 aromatic rings. The first kappa shape index (κ1) is 10.4. The second kappa shape index (κ2) is 3.61. The first-order chi connectivity index (χ1) is 7.83. The van der Waals surface area contributed by atoms with Crippen molar-refractivity contribution in [2.24, 2.45) is 0 Å². The second-order valence-corrected chi connectivity index (χ2v) is 4.86. The highest BCUT2D eigenvalue weighted by Crippen LogP contribution is 2.56. The number of rotatable bonds is 2. The average molecular weight is 216 g/mol. The summed E-state index contributed by atoms with van der Waals surface area (Å²) in [4.78, 5) is 0. The lowest BCUT2D eigenvalue weighted by molar-refractivity contribution is -0.168. The van der Waals surface area contributed by atoms with Crippen molar-refractivity contribution < 1.29 is 9.39 Å². The maximum Gasteiger partial charge on any atom is 0.261 e. The lowest BCUT2D eigenvalue weighted by Crippen LogP contribution is -2.45. The van der Waals surface area contributed by atoms with Gasteiger partial charge in [0.2, 0.25) is 0 Å². The fourth-order valence-corrected chi connectivity index (χ4v) is 3.59. The molecule has 1 heterocycles. The lowest BCUT2D eigenvalue weighted by Gasteiger charge is -2.39. The molecule has 1 aliphatic carbocycles. The standard InChI is InChI=1S/C13H17BO2/c14-16-13-8-4-7-12(13,9-10-15-13)11-5-2-1-3-6-11/h1-3,5-6H,4,7-10,14H2. The van der Waals surface area contributed by atoms with Crippen LogP contribution in [0.5, 0.6) is 0 Å². The minimum absolute atomic E-state index is 0.100. The number of hydrogen-bond acceptors (Lipinski definition) is 2. The molecule has 16 heavy (non-hydrogen) atoms. The first-order valence-corrected chi connectivity index (χ1v) is 6.08. The van der Waals surface area contributed by atoms with Gasteiger partial charge in [0.05, 0.1) is 12.0 Å². The minimum atomic E-state index is -0.353. The van der Waals surface area contributed by atoms with E-state index in [-0.39, 0.29) is 11.2 Å². The zero-order valence-corrected chi connectivity index (χ0v) is 9.74. The van der Waals surface area contributed by atoms with Gasteiger partial charge in [0.25, 0.3) is 8.05 Å². The Morgan fingerprint density at radius 2 is 1.94 bits per heavy atom. The van der Waals surface area contributed by atoms with Crippen LogP contribution in [0.1, 0.15) is 31.2 Å². The Balaban J connectivity index is 2.09. The Morgan fingerprint density at radius 1 is 1.12 bits per heavy atom. The van der Waals surface area contributed by atoms with E-state index < -0.39 is 0 Å². The maximum atomic E-state index is 5.95. The van der Waals surface area contributed by atoms with Gasteiger partial charge in [-0.05, 0) is 24.8 Å². The van der Waals surface area contributed by atoms with Gasteiger partial charge in [-0.25, -0.2) is 0 Å². The third-order valence-corrected chi connectivity index (χ3v) is 4.36. The number of fused-ring (bicyclic) bond motifs is 1. The maximum absolute atomic E-state index is 5.95. The zero-order chi connectivity index (χ0) is 11.1. The topological polar surface area (TPSA) is 18.5 Å². The smallest absolute Gasteiger partial charge is 0.261 e. The SMILES string of the molecule is BOC12CCCC1(c1ccccc1)CCO2.